The summed E-state index contributed by atoms with van der Waals surface area (Å²) in [5, 5.41) is 0. The number of methoxy groups -OCH3 is 1. The smallest absolute Gasteiger partial charge is 0.343 e. The lowest BCUT2D eigenvalue weighted by Crippen LogP contribution is -2.58. The molecular formula is C60H74N2O5. The fraction of sp³-hybridized carbons (Fsp3) is 0.500. The molecule has 0 heterocycles. The van der Waals surface area contributed by atoms with Gasteiger partial charge in [0.2, 0.25) is 0 Å². The van der Waals surface area contributed by atoms with Crippen LogP contribution in [0, 0.1) is 56.7 Å². The summed E-state index contributed by atoms with van der Waals surface area (Å²) in [4.78, 5) is 27.5. The van der Waals surface area contributed by atoms with E-state index < -0.39 is 5.97 Å². The van der Waals surface area contributed by atoms with Gasteiger partial charge in [-0.15, -0.1) is 0 Å². The Bertz CT molecular complexity index is 2560. The van der Waals surface area contributed by atoms with Gasteiger partial charge in [0.25, 0.3) is 0 Å². The number of hydrogen-bond donors (Lipinski definition) is 2. The molecule has 7 heteroatoms. The van der Waals surface area contributed by atoms with Crippen molar-refractivity contribution in [2.75, 3.05) is 18.6 Å². The average Bonchev–Trinajstić information content (AvgIpc) is 3.87. The SMILES string of the molecule is COc1cc(/C=C/C(=O)O[C@H]2CC[C@]34C[C@]35CC[C@]3(C)[C@@H]([C@H](C)CC(C)C=C(C)C)CC[C@@]3(C)[C@@H]5CC[C@H]4C2(C)C)ccc1OC(=O)c1cc(-c2cccc(N)c2)cc(-c2cccc(N)c2)c1. The molecule has 7 nitrogen and oxygen atoms in total. The molecule has 354 valence electrons. The fourth-order valence-electron chi connectivity index (χ4n) is 15.8. The number of benzene rings is 4. The summed E-state index contributed by atoms with van der Waals surface area (Å²) in [6.45, 7) is 19.7. The molecule has 4 aromatic carbocycles. The lowest BCUT2D eigenvalue weighted by atomic mass is 9.41. The zero-order valence-electron chi connectivity index (χ0n) is 41.5. The van der Waals surface area contributed by atoms with Crippen molar-refractivity contribution in [1.82, 2.24) is 0 Å². The number of ether oxygens (including phenoxy) is 3. The number of allylic oxidation sites excluding steroid dienone is 2. The minimum Gasteiger partial charge on any atom is -0.493 e. The molecule has 1 unspecified atom stereocenters. The highest BCUT2D eigenvalue weighted by atomic mass is 16.6. The third-order valence-electron chi connectivity index (χ3n) is 18.8. The molecule has 5 fully saturated rings. The maximum atomic E-state index is 13.9. The van der Waals surface area contributed by atoms with Crippen molar-refractivity contribution >= 4 is 29.4 Å². The van der Waals surface area contributed by atoms with Gasteiger partial charge >= 0.3 is 11.9 Å². The molecule has 0 saturated heterocycles. The summed E-state index contributed by atoms with van der Waals surface area (Å²) in [5.41, 5.74) is 20.9. The molecule has 0 aliphatic heterocycles. The molecule has 0 radical (unpaired) electrons. The van der Waals surface area contributed by atoms with Crippen LogP contribution in [-0.2, 0) is 9.53 Å². The van der Waals surface area contributed by atoms with Crippen LogP contribution in [0.5, 0.6) is 11.5 Å². The Morgan fingerprint density at radius 3 is 2.01 bits per heavy atom. The Morgan fingerprint density at radius 2 is 1.37 bits per heavy atom. The van der Waals surface area contributed by atoms with Crippen LogP contribution in [0.3, 0.4) is 0 Å². The number of nitrogen functional groups attached to an aromatic ring is 2. The van der Waals surface area contributed by atoms with E-state index in [1.54, 1.807) is 30.3 Å². The van der Waals surface area contributed by atoms with Gasteiger partial charge in [-0.25, -0.2) is 9.59 Å². The highest BCUT2D eigenvalue weighted by Crippen LogP contribution is 2.89. The van der Waals surface area contributed by atoms with Gasteiger partial charge < -0.3 is 25.7 Å². The average molecular weight is 903 g/mol. The normalized spacial score (nSPS) is 31.0. The third kappa shape index (κ3) is 8.10. The summed E-state index contributed by atoms with van der Waals surface area (Å²) < 4.78 is 18.1. The van der Waals surface area contributed by atoms with E-state index in [0.29, 0.717) is 56.2 Å². The first kappa shape index (κ1) is 46.8. The minimum atomic E-state index is -0.544. The van der Waals surface area contributed by atoms with Gasteiger partial charge in [-0.3, -0.25) is 0 Å². The predicted octanol–water partition coefficient (Wildman–Crippen LogP) is 14.4. The van der Waals surface area contributed by atoms with E-state index in [-0.39, 0.29) is 23.2 Å². The topological polar surface area (TPSA) is 114 Å². The predicted molar refractivity (Wildman–Crippen MR) is 272 cm³/mol. The second kappa shape index (κ2) is 17.3. The monoisotopic (exact) mass is 903 g/mol. The van der Waals surface area contributed by atoms with Crippen molar-refractivity contribution in [3.05, 3.63) is 114 Å². The fourth-order valence-corrected chi connectivity index (χ4v) is 15.8. The van der Waals surface area contributed by atoms with E-state index in [1.807, 2.05) is 60.7 Å². The molecule has 4 aromatic rings. The van der Waals surface area contributed by atoms with E-state index in [2.05, 4.69) is 61.5 Å². The summed E-state index contributed by atoms with van der Waals surface area (Å²) in [5.74, 6) is 3.30. The van der Waals surface area contributed by atoms with Crippen LogP contribution in [0.4, 0.5) is 11.4 Å². The lowest BCUT2D eigenvalue weighted by Gasteiger charge is -2.63. The van der Waals surface area contributed by atoms with Crippen molar-refractivity contribution in [3.63, 3.8) is 0 Å². The first-order valence-electron chi connectivity index (χ1n) is 25.1. The molecule has 67 heavy (non-hydrogen) atoms. The molecule has 4 N–H and O–H groups in total. The molecule has 5 saturated carbocycles. The molecule has 0 aromatic heterocycles. The van der Waals surface area contributed by atoms with Gasteiger partial charge in [-0.1, -0.05) is 83.5 Å². The number of carbonyl (C=O) groups excluding carboxylic acids is 2. The Balaban J connectivity index is 0.857. The molecule has 0 bridgehead atoms. The zero-order chi connectivity index (χ0) is 47.7. The van der Waals surface area contributed by atoms with Crippen molar-refractivity contribution in [1.29, 1.82) is 0 Å². The van der Waals surface area contributed by atoms with Crippen LogP contribution in [0.15, 0.2) is 103 Å². The second-order valence-electron chi connectivity index (χ2n) is 23.1. The van der Waals surface area contributed by atoms with E-state index in [1.165, 1.54) is 70.1 Å². The van der Waals surface area contributed by atoms with Crippen molar-refractivity contribution in [3.8, 4) is 33.8 Å². The number of carbonyl (C=O) groups is 2. The molecule has 5 aliphatic rings. The molecule has 0 amide bonds. The Hall–Kier alpha value is -5.30. The summed E-state index contributed by atoms with van der Waals surface area (Å²) in [6, 6.07) is 26.0. The van der Waals surface area contributed by atoms with E-state index >= 15 is 0 Å². The third-order valence-corrected chi connectivity index (χ3v) is 18.8. The van der Waals surface area contributed by atoms with Crippen molar-refractivity contribution in [2.24, 2.45) is 56.7 Å². The lowest BCUT2D eigenvalue weighted by molar-refractivity contribution is -0.179. The second-order valence-corrected chi connectivity index (χ2v) is 23.1. The van der Waals surface area contributed by atoms with Crippen LogP contribution in [0.25, 0.3) is 28.3 Å². The standard InChI is InChI=1S/C60H74N2O5/c1-37(2)28-38(3)29-39(4)48-22-24-58(8)52-20-19-51-56(5,6)53(23-25-59(51)36-60(52,59)27-26-57(48,58)7)67-54(63)21-17-40-16-18-49(50(30-40)65-9)66-55(64)45-32-43(41-12-10-14-46(61)34-41)31-44(33-45)42-13-11-15-47(62)35-42/h10-18,21,28,30-35,38-39,48,51-53H,19-20,22-27,29,36,61-62H2,1-9H3/b21-17+/t38?,39-,48-,51+,52+,53+,57-,58+,59-,60+/m1/s1. The molecule has 10 atom stereocenters. The van der Waals surface area contributed by atoms with Crippen LogP contribution in [0.1, 0.15) is 136 Å². The summed E-state index contributed by atoms with van der Waals surface area (Å²) in [6.07, 6.45) is 18.4. The number of rotatable bonds is 12. The Morgan fingerprint density at radius 1 is 0.716 bits per heavy atom. The first-order valence-corrected chi connectivity index (χ1v) is 25.1. The van der Waals surface area contributed by atoms with Crippen LogP contribution in [0.2, 0.25) is 0 Å². The Kier molecular flexibility index (Phi) is 12.1. The quantitative estimate of drug-likeness (QED) is 0.0478. The van der Waals surface area contributed by atoms with Gasteiger partial charge in [0, 0.05) is 22.9 Å². The van der Waals surface area contributed by atoms with Crippen LogP contribution < -0.4 is 20.9 Å². The number of anilines is 2. The maximum Gasteiger partial charge on any atom is 0.343 e. The molecular weight excluding hydrogens is 829 g/mol. The Labute approximate surface area is 400 Å². The summed E-state index contributed by atoms with van der Waals surface area (Å²) >= 11 is 0. The number of nitrogens with two attached hydrogens (primary N) is 2. The first-order chi connectivity index (χ1) is 31.8. The van der Waals surface area contributed by atoms with Gasteiger partial charge in [0.05, 0.1) is 12.7 Å². The highest BCUT2D eigenvalue weighted by Gasteiger charge is 2.82. The minimum absolute atomic E-state index is 0.108. The van der Waals surface area contributed by atoms with E-state index in [4.69, 9.17) is 25.7 Å². The number of fused-ring (bicyclic) bond motifs is 2. The van der Waals surface area contributed by atoms with Crippen LogP contribution >= 0.6 is 0 Å². The van der Waals surface area contributed by atoms with Gasteiger partial charge in [-0.2, -0.15) is 0 Å². The van der Waals surface area contributed by atoms with Crippen molar-refractivity contribution in [2.45, 2.75) is 126 Å². The van der Waals surface area contributed by atoms with Crippen molar-refractivity contribution < 1.29 is 23.8 Å². The van der Waals surface area contributed by atoms with Gasteiger partial charge in [0.15, 0.2) is 11.5 Å². The number of hydrogen-bond acceptors (Lipinski definition) is 7. The van der Waals surface area contributed by atoms with Gasteiger partial charge in [0.1, 0.15) is 6.10 Å². The van der Waals surface area contributed by atoms with E-state index in [0.717, 1.165) is 58.4 Å². The highest BCUT2D eigenvalue weighted by molar-refractivity contribution is 5.95. The molecule has 2 spiro atoms. The summed E-state index contributed by atoms with van der Waals surface area (Å²) in [7, 11) is 1.54. The zero-order valence-corrected chi connectivity index (χ0v) is 41.5. The van der Waals surface area contributed by atoms with Gasteiger partial charge in [-0.05, 0) is 218 Å². The largest absolute Gasteiger partial charge is 0.493 e. The van der Waals surface area contributed by atoms with E-state index in [9.17, 15) is 9.59 Å². The van der Waals surface area contributed by atoms with Crippen LogP contribution in [-0.4, -0.2) is 25.2 Å². The number of esters is 2. The molecule has 9 rings (SSSR count). The molecule has 5 aliphatic carbocycles. The maximum absolute atomic E-state index is 13.9.